The van der Waals surface area contributed by atoms with Crippen LogP contribution in [0.2, 0.25) is 0 Å². The van der Waals surface area contributed by atoms with Crippen LogP contribution in [-0.2, 0) is 10.2 Å². The van der Waals surface area contributed by atoms with Gasteiger partial charge in [-0.05, 0) is 35.4 Å². The van der Waals surface area contributed by atoms with E-state index in [2.05, 4.69) is 38.1 Å². The molecule has 4 nitrogen and oxygen atoms in total. The quantitative estimate of drug-likeness (QED) is 0.534. The zero-order valence-corrected chi connectivity index (χ0v) is 15.9. The highest BCUT2D eigenvalue weighted by molar-refractivity contribution is 6.18. The second-order valence-electron chi connectivity index (χ2n) is 7.06. The van der Waals surface area contributed by atoms with Crippen LogP contribution < -0.4 is 9.47 Å². The van der Waals surface area contributed by atoms with E-state index in [0.29, 0.717) is 6.61 Å². The van der Waals surface area contributed by atoms with E-state index in [1.807, 2.05) is 24.3 Å². The van der Waals surface area contributed by atoms with Crippen molar-refractivity contribution in [3.63, 3.8) is 0 Å². The minimum absolute atomic E-state index is 0.147. The minimum atomic E-state index is -0.653. The highest BCUT2D eigenvalue weighted by atomic mass is 35.5. The van der Waals surface area contributed by atoms with E-state index in [4.69, 9.17) is 25.8 Å². The lowest BCUT2D eigenvalue weighted by Gasteiger charge is -2.26. The molecule has 1 aliphatic rings. The summed E-state index contributed by atoms with van der Waals surface area (Å²) in [4.78, 5) is 0. The van der Waals surface area contributed by atoms with Gasteiger partial charge in [-0.1, -0.05) is 38.1 Å². The number of epoxide rings is 1. The second kappa shape index (κ2) is 8.30. The predicted octanol–water partition coefficient (Wildman–Crippen LogP) is 3.77. The molecule has 0 aromatic heterocycles. The molecule has 0 amide bonds. The van der Waals surface area contributed by atoms with Crippen molar-refractivity contribution in [3.8, 4) is 11.5 Å². The fourth-order valence-electron chi connectivity index (χ4n) is 2.69. The molecule has 0 radical (unpaired) electrons. The Bertz CT molecular complexity index is 693. The van der Waals surface area contributed by atoms with E-state index in [1.165, 1.54) is 11.1 Å². The zero-order chi connectivity index (χ0) is 18.6. The first kappa shape index (κ1) is 19.0. The summed E-state index contributed by atoms with van der Waals surface area (Å²) < 4.78 is 16.4. The van der Waals surface area contributed by atoms with E-state index in [9.17, 15) is 5.11 Å². The molecular formula is C21H25ClO4. The molecule has 2 aromatic rings. The lowest BCUT2D eigenvalue weighted by Crippen LogP contribution is -2.20. The van der Waals surface area contributed by atoms with Crippen molar-refractivity contribution < 1.29 is 19.3 Å². The van der Waals surface area contributed by atoms with Gasteiger partial charge in [-0.3, -0.25) is 0 Å². The average Bonchev–Trinajstić information content (AvgIpc) is 3.49. The van der Waals surface area contributed by atoms with Crippen molar-refractivity contribution in [2.75, 3.05) is 25.7 Å². The molecule has 2 atom stereocenters. The van der Waals surface area contributed by atoms with Crippen LogP contribution in [0.3, 0.4) is 0 Å². The molecule has 0 aliphatic carbocycles. The van der Waals surface area contributed by atoms with Crippen molar-refractivity contribution in [1.29, 1.82) is 0 Å². The third kappa shape index (κ3) is 4.91. The maximum atomic E-state index is 9.47. The summed E-state index contributed by atoms with van der Waals surface area (Å²) in [7, 11) is 0. The van der Waals surface area contributed by atoms with Crippen molar-refractivity contribution in [2.45, 2.75) is 31.5 Å². The van der Waals surface area contributed by atoms with Gasteiger partial charge in [-0.25, -0.2) is 0 Å². The fraction of sp³-hybridized carbons (Fsp3) is 0.429. The van der Waals surface area contributed by atoms with E-state index >= 15 is 0 Å². The molecule has 0 saturated carbocycles. The van der Waals surface area contributed by atoms with E-state index in [-0.39, 0.29) is 24.0 Å². The molecule has 26 heavy (non-hydrogen) atoms. The molecule has 3 rings (SSSR count). The van der Waals surface area contributed by atoms with Crippen LogP contribution in [0.1, 0.15) is 25.0 Å². The van der Waals surface area contributed by atoms with Gasteiger partial charge < -0.3 is 19.3 Å². The van der Waals surface area contributed by atoms with Gasteiger partial charge in [-0.2, -0.15) is 0 Å². The lowest BCUT2D eigenvalue weighted by molar-refractivity contribution is 0.125. The van der Waals surface area contributed by atoms with Gasteiger partial charge in [0.05, 0.1) is 12.5 Å². The summed E-state index contributed by atoms with van der Waals surface area (Å²) in [5.41, 5.74) is 2.24. The number of hydrogen-bond donors (Lipinski definition) is 1. The zero-order valence-electron chi connectivity index (χ0n) is 15.2. The number of aliphatic hydroxyl groups excluding tert-OH is 1. The highest BCUT2D eigenvalue weighted by Gasteiger charge is 2.24. The van der Waals surface area contributed by atoms with Crippen LogP contribution >= 0.6 is 11.6 Å². The molecule has 1 N–H and O–H groups in total. The van der Waals surface area contributed by atoms with E-state index in [0.717, 1.165) is 18.1 Å². The SMILES string of the molecule is CC(C)(c1ccc(OCC(O)CCl)cc1)c1ccc(OCC2CO2)cc1. The number of alkyl halides is 1. The maximum Gasteiger partial charge on any atom is 0.119 e. The summed E-state index contributed by atoms with van der Waals surface area (Å²) in [6, 6.07) is 16.2. The topological polar surface area (TPSA) is 51.2 Å². The van der Waals surface area contributed by atoms with Crippen molar-refractivity contribution >= 4 is 11.6 Å². The summed E-state index contributed by atoms with van der Waals surface area (Å²) in [5, 5.41) is 9.47. The smallest absolute Gasteiger partial charge is 0.119 e. The van der Waals surface area contributed by atoms with Crippen molar-refractivity contribution in [3.05, 3.63) is 59.7 Å². The van der Waals surface area contributed by atoms with Crippen LogP contribution in [-0.4, -0.2) is 43.0 Å². The van der Waals surface area contributed by atoms with Gasteiger partial charge in [0, 0.05) is 5.41 Å². The second-order valence-corrected chi connectivity index (χ2v) is 7.37. The highest BCUT2D eigenvalue weighted by Crippen LogP contribution is 2.33. The molecule has 1 heterocycles. The van der Waals surface area contributed by atoms with Crippen molar-refractivity contribution in [1.82, 2.24) is 0 Å². The minimum Gasteiger partial charge on any atom is -0.491 e. The monoisotopic (exact) mass is 376 g/mol. The number of halogens is 1. The van der Waals surface area contributed by atoms with Crippen LogP contribution in [0.25, 0.3) is 0 Å². The molecule has 2 unspecified atom stereocenters. The van der Waals surface area contributed by atoms with Gasteiger partial charge in [0.1, 0.15) is 36.9 Å². The fourth-order valence-corrected chi connectivity index (χ4v) is 2.78. The van der Waals surface area contributed by atoms with Crippen LogP contribution in [0.15, 0.2) is 48.5 Å². The first-order valence-corrected chi connectivity index (χ1v) is 9.35. The van der Waals surface area contributed by atoms with Gasteiger partial charge >= 0.3 is 0 Å². The molecule has 1 fully saturated rings. The lowest BCUT2D eigenvalue weighted by atomic mass is 9.78. The first-order valence-electron chi connectivity index (χ1n) is 8.81. The predicted molar refractivity (Wildman–Crippen MR) is 102 cm³/mol. The first-order chi connectivity index (χ1) is 12.5. The molecule has 1 aliphatic heterocycles. The average molecular weight is 377 g/mol. The molecule has 5 heteroatoms. The van der Waals surface area contributed by atoms with Crippen LogP contribution in [0.5, 0.6) is 11.5 Å². The van der Waals surface area contributed by atoms with Gasteiger partial charge in [0.25, 0.3) is 0 Å². The van der Waals surface area contributed by atoms with Gasteiger partial charge in [0.15, 0.2) is 0 Å². The molecule has 2 aromatic carbocycles. The van der Waals surface area contributed by atoms with Gasteiger partial charge in [0.2, 0.25) is 0 Å². The normalized spacial score (nSPS) is 17.6. The molecule has 0 bridgehead atoms. The Hall–Kier alpha value is -1.75. The standard InChI is InChI=1S/C21H25ClO4/c1-21(2,15-3-7-18(8-4-15)24-12-17(23)11-22)16-5-9-19(10-6-16)25-13-20-14-26-20/h3-10,17,20,23H,11-14H2,1-2H3. The number of hydrogen-bond acceptors (Lipinski definition) is 4. The van der Waals surface area contributed by atoms with Crippen molar-refractivity contribution in [2.24, 2.45) is 0 Å². The van der Waals surface area contributed by atoms with E-state index < -0.39 is 6.10 Å². The van der Waals surface area contributed by atoms with Crippen LogP contribution in [0, 0.1) is 0 Å². The summed E-state index contributed by atoms with van der Waals surface area (Å²) in [6.45, 7) is 5.99. The maximum absolute atomic E-state index is 9.47. The number of rotatable bonds is 9. The third-order valence-electron chi connectivity index (χ3n) is 4.61. The Balaban J connectivity index is 1.64. The Labute approximate surface area is 159 Å². The van der Waals surface area contributed by atoms with Gasteiger partial charge in [-0.15, -0.1) is 11.6 Å². The molecule has 0 spiro atoms. The van der Waals surface area contributed by atoms with E-state index in [1.54, 1.807) is 0 Å². The molecular weight excluding hydrogens is 352 g/mol. The number of ether oxygens (including phenoxy) is 3. The largest absolute Gasteiger partial charge is 0.491 e. The Morgan fingerprint density at radius 2 is 1.54 bits per heavy atom. The Morgan fingerprint density at radius 1 is 1.04 bits per heavy atom. The Kier molecular flexibility index (Phi) is 6.07. The molecule has 1 saturated heterocycles. The van der Waals surface area contributed by atoms with Crippen LogP contribution in [0.4, 0.5) is 0 Å². The molecule has 140 valence electrons. The Morgan fingerprint density at radius 3 is 2.00 bits per heavy atom. The third-order valence-corrected chi connectivity index (χ3v) is 4.97. The summed E-state index contributed by atoms with van der Waals surface area (Å²) >= 11 is 5.58. The summed E-state index contributed by atoms with van der Waals surface area (Å²) in [5.74, 6) is 1.75. The summed E-state index contributed by atoms with van der Waals surface area (Å²) in [6.07, 6.45) is -0.391. The number of aliphatic hydroxyl groups is 1. The number of benzene rings is 2.